The molecule has 4 heteroatoms. The van der Waals surface area contributed by atoms with Crippen LogP contribution in [0.25, 0.3) is 0 Å². The van der Waals surface area contributed by atoms with Crippen molar-refractivity contribution in [2.45, 2.75) is 19.9 Å². The largest absolute Gasteiger partial charge is 0.427 e. The lowest BCUT2D eigenvalue weighted by Crippen LogP contribution is -2.05. The molecule has 0 saturated carbocycles. The minimum atomic E-state index is -0.312. The fraction of sp³-hybridized carbons (Fsp3) is 0.300. The number of carbonyl (C=O) groups excluding carboxylic acids is 1. The van der Waals surface area contributed by atoms with Gasteiger partial charge in [-0.15, -0.1) is 12.4 Å². The second kappa shape index (κ2) is 5.62. The highest BCUT2D eigenvalue weighted by Gasteiger charge is 2.00. The molecule has 1 rings (SSSR count). The summed E-state index contributed by atoms with van der Waals surface area (Å²) in [6.07, 6.45) is 0. The number of halogens is 1. The van der Waals surface area contributed by atoms with E-state index in [1.54, 1.807) is 12.1 Å². The highest BCUT2D eigenvalue weighted by Crippen LogP contribution is 2.15. The molecular formula is C10H14ClNO2. The topological polar surface area (TPSA) is 52.3 Å². The first-order valence-corrected chi connectivity index (χ1v) is 4.13. The summed E-state index contributed by atoms with van der Waals surface area (Å²) < 4.78 is 4.87. The molecule has 0 fully saturated rings. The van der Waals surface area contributed by atoms with Crippen LogP contribution >= 0.6 is 12.4 Å². The Labute approximate surface area is 89.7 Å². The summed E-state index contributed by atoms with van der Waals surface area (Å²) in [6, 6.07) is 7.18. The van der Waals surface area contributed by atoms with Crippen molar-refractivity contribution < 1.29 is 9.53 Å². The number of hydrogen-bond acceptors (Lipinski definition) is 3. The zero-order chi connectivity index (χ0) is 9.84. The van der Waals surface area contributed by atoms with Crippen molar-refractivity contribution in [1.29, 1.82) is 0 Å². The van der Waals surface area contributed by atoms with Crippen LogP contribution in [0.3, 0.4) is 0 Å². The molecule has 0 amide bonds. The Morgan fingerprint density at radius 3 is 2.21 bits per heavy atom. The molecule has 2 N–H and O–H groups in total. The van der Waals surface area contributed by atoms with Gasteiger partial charge >= 0.3 is 5.97 Å². The predicted octanol–water partition coefficient (Wildman–Crippen LogP) is 2.05. The van der Waals surface area contributed by atoms with Crippen LogP contribution in [0.15, 0.2) is 24.3 Å². The van der Waals surface area contributed by atoms with Gasteiger partial charge in [0.25, 0.3) is 0 Å². The molecule has 0 aromatic heterocycles. The van der Waals surface area contributed by atoms with Crippen LogP contribution in [0.4, 0.5) is 0 Å². The van der Waals surface area contributed by atoms with Gasteiger partial charge in [0.15, 0.2) is 0 Å². The summed E-state index contributed by atoms with van der Waals surface area (Å²) in [5.41, 5.74) is 6.68. The molecule has 0 aliphatic carbocycles. The molecule has 0 aliphatic heterocycles. The van der Waals surface area contributed by atoms with Crippen molar-refractivity contribution in [2.24, 2.45) is 5.73 Å². The molecule has 1 aromatic rings. The van der Waals surface area contributed by atoms with Crippen molar-refractivity contribution in [2.75, 3.05) is 0 Å². The maximum absolute atomic E-state index is 10.6. The van der Waals surface area contributed by atoms with Gasteiger partial charge < -0.3 is 10.5 Å². The minimum absolute atomic E-state index is 0. The Morgan fingerprint density at radius 1 is 1.36 bits per heavy atom. The first kappa shape index (κ1) is 12.9. The Bertz CT molecular complexity index is 295. The van der Waals surface area contributed by atoms with Crippen LogP contribution in [0.2, 0.25) is 0 Å². The van der Waals surface area contributed by atoms with Crippen LogP contribution in [0, 0.1) is 0 Å². The van der Waals surface area contributed by atoms with Gasteiger partial charge in [0.05, 0.1) is 0 Å². The van der Waals surface area contributed by atoms with Gasteiger partial charge in [-0.3, -0.25) is 4.79 Å². The first-order chi connectivity index (χ1) is 6.09. The van der Waals surface area contributed by atoms with Crippen LogP contribution in [0.1, 0.15) is 25.5 Å². The van der Waals surface area contributed by atoms with E-state index in [2.05, 4.69) is 0 Å². The Hall–Kier alpha value is -1.06. The molecule has 0 aliphatic rings. The van der Waals surface area contributed by atoms with Gasteiger partial charge in [-0.1, -0.05) is 12.1 Å². The van der Waals surface area contributed by atoms with Crippen molar-refractivity contribution in [1.82, 2.24) is 0 Å². The van der Waals surface area contributed by atoms with Crippen LogP contribution < -0.4 is 10.5 Å². The zero-order valence-electron chi connectivity index (χ0n) is 8.19. The Balaban J connectivity index is 0.00000169. The molecule has 78 valence electrons. The van der Waals surface area contributed by atoms with E-state index in [0.29, 0.717) is 5.75 Å². The standard InChI is InChI=1S/C10H13NO2.ClH/c1-7(11)9-3-5-10(6-4-9)13-8(2)12;/h3-7H,11H2,1-2H3;1H/t7-;/m0./s1. The quantitative estimate of drug-likeness (QED) is 0.607. The second-order valence-electron chi connectivity index (χ2n) is 2.95. The fourth-order valence-electron chi connectivity index (χ4n) is 1.01. The normalized spacial score (nSPS) is 11.4. The van der Waals surface area contributed by atoms with Gasteiger partial charge in [-0.25, -0.2) is 0 Å². The lowest BCUT2D eigenvalue weighted by Gasteiger charge is -2.06. The smallest absolute Gasteiger partial charge is 0.308 e. The SMILES string of the molecule is CC(=O)Oc1ccc([C@H](C)N)cc1.Cl. The molecule has 0 spiro atoms. The number of rotatable bonds is 2. The fourth-order valence-corrected chi connectivity index (χ4v) is 1.01. The van der Waals surface area contributed by atoms with Crippen molar-refractivity contribution in [3.05, 3.63) is 29.8 Å². The monoisotopic (exact) mass is 215 g/mol. The van der Waals surface area contributed by atoms with E-state index in [1.807, 2.05) is 19.1 Å². The van der Waals surface area contributed by atoms with Gasteiger partial charge in [-0.2, -0.15) is 0 Å². The van der Waals surface area contributed by atoms with Crippen LogP contribution in [0.5, 0.6) is 5.75 Å². The third-order valence-corrected chi connectivity index (χ3v) is 1.67. The average molecular weight is 216 g/mol. The summed E-state index contributed by atoms with van der Waals surface area (Å²) in [4.78, 5) is 10.6. The van der Waals surface area contributed by atoms with Gasteiger partial charge in [0.2, 0.25) is 0 Å². The number of esters is 1. The number of carbonyl (C=O) groups is 1. The van der Waals surface area contributed by atoms with E-state index in [9.17, 15) is 4.79 Å². The van der Waals surface area contributed by atoms with Gasteiger partial charge in [0.1, 0.15) is 5.75 Å². The van der Waals surface area contributed by atoms with E-state index in [4.69, 9.17) is 10.5 Å². The lowest BCUT2D eigenvalue weighted by molar-refractivity contribution is -0.131. The van der Waals surface area contributed by atoms with Crippen LogP contribution in [-0.4, -0.2) is 5.97 Å². The molecule has 0 radical (unpaired) electrons. The maximum Gasteiger partial charge on any atom is 0.308 e. The summed E-state index contributed by atoms with van der Waals surface area (Å²) in [5.74, 6) is 0.241. The maximum atomic E-state index is 10.6. The molecule has 14 heavy (non-hydrogen) atoms. The van der Waals surface area contributed by atoms with Crippen LogP contribution in [-0.2, 0) is 4.79 Å². The molecule has 1 atom stereocenters. The zero-order valence-corrected chi connectivity index (χ0v) is 9.01. The Kier molecular flexibility index (Phi) is 5.20. The summed E-state index contributed by atoms with van der Waals surface area (Å²) in [7, 11) is 0. The number of nitrogens with two attached hydrogens (primary N) is 1. The molecule has 0 saturated heterocycles. The summed E-state index contributed by atoms with van der Waals surface area (Å²) >= 11 is 0. The van der Waals surface area contributed by atoms with E-state index < -0.39 is 0 Å². The minimum Gasteiger partial charge on any atom is -0.427 e. The van der Waals surface area contributed by atoms with E-state index >= 15 is 0 Å². The molecule has 0 bridgehead atoms. The van der Waals surface area contributed by atoms with Crippen molar-refractivity contribution in [3.63, 3.8) is 0 Å². The molecular weight excluding hydrogens is 202 g/mol. The summed E-state index contributed by atoms with van der Waals surface area (Å²) in [5, 5.41) is 0. The predicted molar refractivity (Wildman–Crippen MR) is 57.6 cm³/mol. The first-order valence-electron chi connectivity index (χ1n) is 4.13. The second-order valence-corrected chi connectivity index (χ2v) is 2.95. The van der Waals surface area contributed by atoms with E-state index in [-0.39, 0.29) is 24.4 Å². The number of benzene rings is 1. The molecule has 0 unspecified atom stereocenters. The van der Waals surface area contributed by atoms with Gasteiger partial charge in [-0.05, 0) is 24.6 Å². The van der Waals surface area contributed by atoms with Crippen molar-refractivity contribution >= 4 is 18.4 Å². The molecule has 0 heterocycles. The number of ether oxygens (including phenoxy) is 1. The summed E-state index contributed by atoms with van der Waals surface area (Å²) in [6.45, 7) is 3.28. The van der Waals surface area contributed by atoms with E-state index in [0.717, 1.165) is 5.56 Å². The third kappa shape index (κ3) is 3.77. The van der Waals surface area contributed by atoms with Gasteiger partial charge in [0, 0.05) is 13.0 Å². The molecule has 1 aromatic carbocycles. The molecule has 3 nitrogen and oxygen atoms in total. The Morgan fingerprint density at radius 2 is 1.86 bits per heavy atom. The number of hydrogen-bond donors (Lipinski definition) is 1. The van der Waals surface area contributed by atoms with E-state index in [1.165, 1.54) is 6.92 Å². The lowest BCUT2D eigenvalue weighted by atomic mass is 10.1. The average Bonchev–Trinajstić information content (AvgIpc) is 2.04. The third-order valence-electron chi connectivity index (χ3n) is 1.67. The highest BCUT2D eigenvalue weighted by molar-refractivity contribution is 5.85. The highest BCUT2D eigenvalue weighted by atomic mass is 35.5. The van der Waals surface area contributed by atoms with Crippen molar-refractivity contribution in [3.8, 4) is 5.75 Å².